The predicted octanol–water partition coefficient (Wildman–Crippen LogP) is 4.29. The summed E-state index contributed by atoms with van der Waals surface area (Å²) in [5, 5.41) is 0.737. The summed E-state index contributed by atoms with van der Waals surface area (Å²) in [7, 11) is 0. The highest BCUT2D eigenvalue weighted by Crippen LogP contribution is 2.37. The summed E-state index contributed by atoms with van der Waals surface area (Å²) < 4.78 is 2.21. The minimum Gasteiger partial charge on any atom is -0.325 e. The van der Waals surface area contributed by atoms with Gasteiger partial charge in [0.2, 0.25) is 0 Å². The van der Waals surface area contributed by atoms with Crippen molar-refractivity contribution in [2.75, 3.05) is 0 Å². The second kappa shape index (κ2) is 4.74. The molecule has 20 heavy (non-hydrogen) atoms. The van der Waals surface area contributed by atoms with Gasteiger partial charge in [0.25, 0.3) is 0 Å². The molecule has 0 bridgehead atoms. The molecule has 0 aliphatic heterocycles. The number of hydrogen-bond acceptors (Lipinski definition) is 2. The molecule has 0 amide bonds. The summed E-state index contributed by atoms with van der Waals surface area (Å²) in [6.45, 7) is 12.7. The number of fused-ring (bicyclic) bond motifs is 1. The van der Waals surface area contributed by atoms with Gasteiger partial charge in [0.15, 0.2) is 0 Å². The Kier molecular flexibility index (Phi) is 3.64. The Bertz CT molecular complexity index is 633. The van der Waals surface area contributed by atoms with Crippen molar-refractivity contribution in [1.29, 1.82) is 0 Å². The van der Waals surface area contributed by atoms with E-state index in [1.165, 1.54) is 0 Å². The largest absolute Gasteiger partial charge is 0.325 e. The number of imidazole rings is 1. The second-order valence-electron chi connectivity index (χ2n) is 6.85. The number of benzene rings is 1. The van der Waals surface area contributed by atoms with Crippen molar-refractivity contribution in [2.24, 2.45) is 5.73 Å². The molecule has 2 rings (SSSR count). The number of hydrogen-bond donors (Lipinski definition) is 1. The molecule has 0 unspecified atom stereocenters. The second-order valence-corrected chi connectivity index (χ2v) is 7.26. The Morgan fingerprint density at radius 3 is 2.30 bits per heavy atom. The maximum absolute atomic E-state index is 6.39. The minimum atomic E-state index is -0.381. The summed E-state index contributed by atoms with van der Waals surface area (Å²) in [5.41, 5.74) is 7.67. The third-order valence-corrected chi connectivity index (χ3v) is 4.65. The number of halogens is 1. The summed E-state index contributed by atoms with van der Waals surface area (Å²) in [6.07, 6.45) is 0. The van der Waals surface area contributed by atoms with Crippen LogP contribution < -0.4 is 5.73 Å². The fourth-order valence-corrected chi connectivity index (χ4v) is 2.60. The van der Waals surface area contributed by atoms with Gasteiger partial charge < -0.3 is 10.3 Å². The van der Waals surface area contributed by atoms with Gasteiger partial charge in [0.1, 0.15) is 5.82 Å². The van der Waals surface area contributed by atoms with E-state index < -0.39 is 0 Å². The van der Waals surface area contributed by atoms with Gasteiger partial charge in [-0.1, -0.05) is 31.5 Å². The summed E-state index contributed by atoms with van der Waals surface area (Å²) in [4.78, 5) is 4.83. The zero-order chi connectivity index (χ0) is 15.3. The van der Waals surface area contributed by atoms with Crippen LogP contribution in [0, 0.1) is 0 Å². The molecule has 1 heterocycles. The van der Waals surface area contributed by atoms with Gasteiger partial charge in [0.05, 0.1) is 16.1 Å². The maximum Gasteiger partial charge on any atom is 0.117 e. The standard InChI is InChI=1S/C16H24ClN3/c1-10(2)20-13-11(17)8-7-9-12(13)19-14(20)15(3,4)16(5,6)18/h7-10H,18H2,1-6H3. The molecular weight excluding hydrogens is 270 g/mol. The van der Waals surface area contributed by atoms with Crippen molar-refractivity contribution in [1.82, 2.24) is 9.55 Å². The lowest BCUT2D eigenvalue weighted by molar-refractivity contribution is 0.279. The minimum absolute atomic E-state index is 0.264. The zero-order valence-corrected chi connectivity index (χ0v) is 13.9. The van der Waals surface area contributed by atoms with Crippen molar-refractivity contribution in [2.45, 2.75) is 58.5 Å². The fourth-order valence-electron chi connectivity index (χ4n) is 2.34. The van der Waals surface area contributed by atoms with E-state index in [1.807, 2.05) is 32.0 Å². The first-order chi connectivity index (χ1) is 9.07. The maximum atomic E-state index is 6.39. The Morgan fingerprint density at radius 1 is 1.20 bits per heavy atom. The Morgan fingerprint density at radius 2 is 1.80 bits per heavy atom. The third kappa shape index (κ3) is 2.23. The van der Waals surface area contributed by atoms with Crippen LogP contribution in [0.1, 0.15) is 53.4 Å². The van der Waals surface area contributed by atoms with Crippen LogP contribution in [0.4, 0.5) is 0 Å². The van der Waals surface area contributed by atoms with Gasteiger partial charge in [-0.05, 0) is 39.8 Å². The number of aromatic nitrogens is 2. The van der Waals surface area contributed by atoms with E-state index in [0.29, 0.717) is 0 Å². The number of nitrogens with two attached hydrogens (primary N) is 1. The summed E-state index contributed by atoms with van der Waals surface area (Å²) in [5.74, 6) is 0.989. The first kappa shape index (κ1) is 15.3. The van der Waals surface area contributed by atoms with Gasteiger partial charge >= 0.3 is 0 Å². The van der Waals surface area contributed by atoms with Crippen LogP contribution in [-0.4, -0.2) is 15.1 Å². The summed E-state index contributed by atoms with van der Waals surface area (Å²) >= 11 is 6.39. The molecule has 1 aromatic carbocycles. The topological polar surface area (TPSA) is 43.8 Å². The lowest BCUT2D eigenvalue weighted by atomic mass is 9.74. The molecule has 3 nitrogen and oxygen atoms in total. The van der Waals surface area contributed by atoms with Crippen molar-refractivity contribution >= 4 is 22.6 Å². The molecule has 4 heteroatoms. The number of para-hydroxylation sites is 1. The van der Waals surface area contributed by atoms with Gasteiger partial charge in [-0.15, -0.1) is 0 Å². The smallest absolute Gasteiger partial charge is 0.117 e. The average molecular weight is 294 g/mol. The Labute approximate surface area is 126 Å². The van der Waals surface area contributed by atoms with E-state index in [1.54, 1.807) is 0 Å². The van der Waals surface area contributed by atoms with Crippen molar-refractivity contribution < 1.29 is 0 Å². The molecule has 0 aliphatic rings. The first-order valence-electron chi connectivity index (χ1n) is 7.03. The van der Waals surface area contributed by atoms with Crippen molar-refractivity contribution in [3.8, 4) is 0 Å². The lowest BCUT2D eigenvalue weighted by Gasteiger charge is -2.38. The van der Waals surface area contributed by atoms with Gasteiger partial charge in [-0.25, -0.2) is 4.98 Å². The average Bonchev–Trinajstić information content (AvgIpc) is 2.68. The summed E-state index contributed by atoms with van der Waals surface area (Å²) in [6, 6.07) is 6.13. The van der Waals surface area contributed by atoms with Gasteiger partial charge in [-0.3, -0.25) is 0 Å². The predicted molar refractivity (Wildman–Crippen MR) is 86.4 cm³/mol. The Hall–Kier alpha value is -1.06. The molecule has 2 aromatic rings. The molecule has 2 N–H and O–H groups in total. The molecular formula is C16H24ClN3. The fraction of sp³-hybridized carbons (Fsp3) is 0.562. The molecule has 0 saturated carbocycles. The van der Waals surface area contributed by atoms with Crippen LogP contribution in [-0.2, 0) is 5.41 Å². The molecule has 0 aliphatic carbocycles. The quantitative estimate of drug-likeness (QED) is 0.917. The normalized spacial score (nSPS) is 13.4. The van der Waals surface area contributed by atoms with E-state index in [0.717, 1.165) is 21.9 Å². The first-order valence-corrected chi connectivity index (χ1v) is 7.41. The van der Waals surface area contributed by atoms with E-state index in [2.05, 4.69) is 32.3 Å². The van der Waals surface area contributed by atoms with Crippen molar-refractivity contribution in [3.63, 3.8) is 0 Å². The van der Waals surface area contributed by atoms with Crippen LogP contribution in [0.3, 0.4) is 0 Å². The molecule has 0 atom stereocenters. The monoisotopic (exact) mass is 293 g/mol. The van der Waals surface area contributed by atoms with Crippen LogP contribution in [0.5, 0.6) is 0 Å². The highest BCUT2D eigenvalue weighted by atomic mass is 35.5. The molecule has 0 fully saturated rings. The van der Waals surface area contributed by atoms with Gasteiger partial charge in [-0.2, -0.15) is 0 Å². The third-order valence-electron chi connectivity index (χ3n) is 4.35. The molecule has 0 saturated heterocycles. The van der Waals surface area contributed by atoms with E-state index in [-0.39, 0.29) is 17.0 Å². The zero-order valence-electron chi connectivity index (χ0n) is 13.2. The highest BCUT2D eigenvalue weighted by Gasteiger charge is 2.40. The van der Waals surface area contributed by atoms with Crippen molar-refractivity contribution in [3.05, 3.63) is 29.0 Å². The SMILES string of the molecule is CC(C)n1c(C(C)(C)C(C)(C)N)nc2cccc(Cl)c21. The van der Waals surface area contributed by atoms with Crippen LogP contribution >= 0.6 is 11.6 Å². The van der Waals surface area contributed by atoms with Gasteiger partial charge in [0, 0.05) is 17.0 Å². The van der Waals surface area contributed by atoms with E-state index in [4.69, 9.17) is 22.3 Å². The Balaban J connectivity index is 2.84. The van der Waals surface area contributed by atoms with Crippen LogP contribution in [0.15, 0.2) is 18.2 Å². The lowest BCUT2D eigenvalue weighted by Crippen LogP contribution is -2.51. The van der Waals surface area contributed by atoms with Crippen LogP contribution in [0.25, 0.3) is 11.0 Å². The van der Waals surface area contributed by atoms with E-state index in [9.17, 15) is 0 Å². The number of rotatable bonds is 3. The van der Waals surface area contributed by atoms with Crippen LogP contribution in [0.2, 0.25) is 5.02 Å². The molecule has 110 valence electrons. The highest BCUT2D eigenvalue weighted by molar-refractivity contribution is 6.35. The number of nitrogens with zero attached hydrogens (tertiary/aromatic N) is 2. The molecule has 0 spiro atoms. The van der Waals surface area contributed by atoms with E-state index >= 15 is 0 Å². The molecule has 1 aromatic heterocycles. The molecule has 0 radical (unpaired) electrons.